The molecule has 126 valence electrons. The Hall–Kier alpha value is -1.55. The molecule has 2 fully saturated rings. The minimum absolute atomic E-state index is 0.262. The number of carbonyl (C=O) groups excluding carboxylic acids is 1. The van der Waals surface area contributed by atoms with Gasteiger partial charge in [-0.1, -0.05) is 24.6 Å². The maximum Gasteiger partial charge on any atom is 0.347 e. The van der Waals surface area contributed by atoms with E-state index >= 15 is 0 Å². The summed E-state index contributed by atoms with van der Waals surface area (Å²) in [5, 5.41) is 0. The first kappa shape index (κ1) is 16.3. The quantitative estimate of drug-likeness (QED) is 0.781. The highest BCUT2D eigenvalue weighted by molar-refractivity contribution is 5.74. The van der Waals surface area contributed by atoms with Crippen molar-refractivity contribution >= 4 is 5.97 Å². The summed E-state index contributed by atoms with van der Waals surface area (Å²) in [5.74, 6) is 0.923. The van der Waals surface area contributed by atoms with Crippen molar-refractivity contribution < 1.29 is 14.3 Å². The number of nitrogens with zero attached hydrogens (tertiary/aromatic N) is 1. The molecule has 0 amide bonds. The summed E-state index contributed by atoms with van der Waals surface area (Å²) in [6.07, 6.45) is 5.68. The van der Waals surface area contributed by atoms with Gasteiger partial charge < -0.3 is 9.47 Å². The normalized spacial score (nSPS) is 26.1. The Morgan fingerprint density at radius 2 is 1.96 bits per heavy atom. The zero-order valence-electron chi connectivity index (χ0n) is 13.9. The molecule has 2 aliphatic rings. The summed E-state index contributed by atoms with van der Waals surface area (Å²) < 4.78 is 11.2. The fourth-order valence-corrected chi connectivity index (χ4v) is 3.83. The maximum absolute atomic E-state index is 12.2. The molecule has 4 nitrogen and oxygen atoms in total. The van der Waals surface area contributed by atoms with E-state index in [1.807, 2.05) is 30.3 Å². The molecule has 0 saturated carbocycles. The highest BCUT2D eigenvalue weighted by Gasteiger charge is 2.34. The lowest BCUT2D eigenvalue weighted by Gasteiger charge is -2.44. The van der Waals surface area contributed by atoms with Crippen molar-refractivity contribution in [3.8, 4) is 5.75 Å². The molecule has 0 aromatic heterocycles. The van der Waals surface area contributed by atoms with Crippen molar-refractivity contribution in [1.29, 1.82) is 0 Å². The molecular formula is C19H27NO3. The number of para-hydroxylation sites is 1. The fourth-order valence-electron chi connectivity index (χ4n) is 3.83. The molecule has 1 aromatic rings. The van der Waals surface area contributed by atoms with Crippen molar-refractivity contribution in [2.24, 2.45) is 5.92 Å². The van der Waals surface area contributed by atoms with E-state index < -0.39 is 6.10 Å². The van der Waals surface area contributed by atoms with Gasteiger partial charge in [-0.15, -0.1) is 0 Å². The number of hydrogen-bond acceptors (Lipinski definition) is 4. The van der Waals surface area contributed by atoms with Gasteiger partial charge >= 0.3 is 5.97 Å². The first-order valence-corrected chi connectivity index (χ1v) is 8.86. The van der Waals surface area contributed by atoms with Crippen LogP contribution in [0.1, 0.15) is 39.0 Å². The van der Waals surface area contributed by atoms with Crippen molar-refractivity contribution in [3.05, 3.63) is 30.3 Å². The van der Waals surface area contributed by atoms with E-state index in [4.69, 9.17) is 9.47 Å². The van der Waals surface area contributed by atoms with Gasteiger partial charge in [0.1, 0.15) is 5.75 Å². The minimum Gasteiger partial charge on any atom is -0.479 e. The van der Waals surface area contributed by atoms with Crippen molar-refractivity contribution in [1.82, 2.24) is 4.90 Å². The molecule has 0 bridgehead atoms. The van der Waals surface area contributed by atoms with Crippen LogP contribution in [-0.2, 0) is 9.53 Å². The summed E-state index contributed by atoms with van der Waals surface area (Å²) in [6.45, 7) is 4.71. The van der Waals surface area contributed by atoms with E-state index in [9.17, 15) is 4.79 Å². The Kier molecular flexibility index (Phi) is 5.55. The van der Waals surface area contributed by atoms with Crippen LogP contribution < -0.4 is 4.74 Å². The number of ether oxygens (including phenoxy) is 2. The third-order valence-electron chi connectivity index (χ3n) is 5.06. The van der Waals surface area contributed by atoms with Crippen LogP contribution in [0.15, 0.2) is 30.3 Å². The number of esters is 1. The monoisotopic (exact) mass is 317 g/mol. The number of hydrogen-bond donors (Lipinski definition) is 0. The van der Waals surface area contributed by atoms with E-state index in [1.54, 1.807) is 6.92 Å². The summed E-state index contributed by atoms with van der Waals surface area (Å²) in [7, 11) is 0. The molecular weight excluding hydrogens is 290 g/mol. The molecule has 0 N–H and O–H groups in total. The molecule has 23 heavy (non-hydrogen) atoms. The van der Waals surface area contributed by atoms with Gasteiger partial charge in [-0.3, -0.25) is 4.90 Å². The smallest absolute Gasteiger partial charge is 0.347 e. The zero-order valence-corrected chi connectivity index (χ0v) is 13.9. The standard InChI is InChI=1S/C19H27NO3/c1-15(23-17-9-3-2-4-10-17)19(21)22-14-16-8-7-13-20-12-6-5-11-18(16)20/h2-4,9-10,15-16,18H,5-8,11-14H2,1H3/t15-,16+,18-/m1/s1. The van der Waals surface area contributed by atoms with Gasteiger partial charge in [0.2, 0.25) is 0 Å². The van der Waals surface area contributed by atoms with Gasteiger partial charge in [-0.2, -0.15) is 0 Å². The molecule has 0 aliphatic carbocycles. The van der Waals surface area contributed by atoms with Crippen LogP contribution >= 0.6 is 0 Å². The number of rotatable bonds is 5. The van der Waals surface area contributed by atoms with Crippen LogP contribution in [-0.4, -0.2) is 42.7 Å². The second-order valence-corrected chi connectivity index (χ2v) is 6.70. The van der Waals surface area contributed by atoms with Crippen LogP contribution in [0.3, 0.4) is 0 Å². The number of benzene rings is 1. The van der Waals surface area contributed by atoms with Gasteiger partial charge in [0.15, 0.2) is 6.10 Å². The SMILES string of the molecule is C[C@@H](Oc1ccccc1)C(=O)OC[C@@H]1CCCN2CCCC[C@H]12. The molecule has 0 unspecified atom stereocenters. The van der Waals surface area contributed by atoms with Crippen molar-refractivity contribution in [3.63, 3.8) is 0 Å². The molecule has 0 radical (unpaired) electrons. The highest BCUT2D eigenvalue weighted by Crippen LogP contribution is 2.31. The Balaban J connectivity index is 1.48. The number of carbonyl (C=O) groups is 1. The van der Waals surface area contributed by atoms with E-state index in [2.05, 4.69) is 4.90 Å². The van der Waals surface area contributed by atoms with Crippen LogP contribution in [0.5, 0.6) is 5.75 Å². The Morgan fingerprint density at radius 1 is 1.17 bits per heavy atom. The second-order valence-electron chi connectivity index (χ2n) is 6.70. The first-order chi connectivity index (χ1) is 11.2. The lowest BCUT2D eigenvalue weighted by Crippen LogP contribution is -2.49. The fraction of sp³-hybridized carbons (Fsp3) is 0.632. The summed E-state index contributed by atoms with van der Waals surface area (Å²) in [5.41, 5.74) is 0. The van der Waals surface area contributed by atoms with Crippen molar-refractivity contribution in [2.75, 3.05) is 19.7 Å². The number of fused-ring (bicyclic) bond motifs is 1. The molecule has 3 atom stereocenters. The Bertz CT molecular complexity index is 503. The van der Waals surface area contributed by atoms with Crippen LogP contribution in [0, 0.1) is 5.92 Å². The van der Waals surface area contributed by atoms with Crippen molar-refractivity contribution in [2.45, 2.75) is 51.2 Å². The van der Waals surface area contributed by atoms with E-state index in [1.165, 1.54) is 45.2 Å². The largest absolute Gasteiger partial charge is 0.479 e. The summed E-state index contributed by atoms with van der Waals surface area (Å²) >= 11 is 0. The van der Waals surface area contributed by atoms with Crippen LogP contribution in [0.25, 0.3) is 0 Å². The van der Waals surface area contributed by atoms with Gasteiger partial charge in [0.05, 0.1) is 6.61 Å². The van der Waals surface area contributed by atoms with E-state index in [0.29, 0.717) is 24.3 Å². The molecule has 4 heteroatoms. The topological polar surface area (TPSA) is 38.8 Å². The maximum atomic E-state index is 12.2. The lowest BCUT2D eigenvalue weighted by molar-refractivity contribution is -0.154. The second kappa shape index (κ2) is 7.82. The molecule has 1 aromatic carbocycles. The average Bonchev–Trinajstić information content (AvgIpc) is 2.60. The highest BCUT2D eigenvalue weighted by atomic mass is 16.6. The predicted octanol–water partition coefficient (Wildman–Crippen LogP) is 3.26. The van der Waals surface area contributed by atoms with E-state index in [-0.39, 0.29) is 5.97 Å². The molecule has 2 saturated heterocycles. The van der Waals surface area contributed by atoms with Gasteiger partial charge in [-0.25, -0.2) is 4.79 Å². The Morgan fingerprint density at radius 3 is 2.78 bits per heavy atom. The average molecular weight is 317 g/mol. The molecule has 3 rings (SSSR count). The first-order valence-electron chi connectivity index (χ1n) is 8.86. The van der Waals surface area contributed by atoms with Gasteiger partial charge in [0, 0.05) is 12.0 Å². The molecule has 0 spiro atoms. The van der Waals surface area contributed by atoms with Crippen LogP contribution in [0.2, 0.25) is 0 Å². The van der Waals surface area contributed by atoms with E-state index in [0.717, 1.165) is 0 Å². The minimum atomic E-state index is -0.566. The Labute approximate surface area is 138 Å². The summed E-state index contributed by atoms with van der Waals surface area (Å²) in [4.78, 5) is 14.8. The number of piperidine rings is 2. The van der Waals surface area contributed by atoms with Crippen LogP contribution in [0.4, 0.5) is 0 Å². The van der Waals surface area contributed by atoms with Gasteiger partial charge in [0.25, 0.3) is 0 Å². The summed E-state index contributed by atoms with van der Waals surface area (Å²) in [6, 6.07) is 10.0. The molecule has 2 aliphatic heterocycles. The molecule has 2 heterocycles. The lowest BCUT2D eigenvalue weighted by atomic mass is 9.84. The third kappa shape index (κ3) is 4.25. The van der Waals surface area contributed by atoms with Gasteiger partial charge in [-0.05, 0) is 57.8 Å². The zero-order chi connectivity index (χ0) is 16.1. The predicted molar refractivity (Wildman–Crippen MR) is 89.4 cm³/mol. The third-order valence-corrected chi connectivity index (χ3v) is 5.06.